The van der Waals surface area contributed by atoms with E-state index >= 15 is 0 Å². The highest BCUT2D eigenvalue weighted by molar-refractivity contribution is 6.32. The molecule has 0 radical (unpaired) electrons. The molecule has 7 nitrogen and oxygen atoms in total. The summed E-state index contributed by atoms with van der Waals surface area (Å²) in [5.41, 5.74) is 3.10. The molecule has 3 aromatic rings. The number of β-amino-alcohol motifs (C(OH)–C–C–N with tert-alkyl or cyclic N) is 1. The molecule has 8 heteroatoms. The number of hydrogen-bond acceptors (Lipinski definition) is 6. The van der Waals surface area contributed by atoms with E-state index < -0.39 is 6.10 Å². The number of aliphatic hydroxyl groups excluding tert-OH is 1. The number of halogens is 1. The molecule has 1 atom stereocenters. The zero-order chi connectivity index (χ0) is 26.1. The number of nitrogens with zero attached hydrogens (tertiary/aromatic N) is 3. The van der Waals surface area contributed by atoms with Crippen LogP contribution in [0.5, 0.6) is 5.75 Å². The molecular weight excluding hydrogens is 490 g/mol. The van der Waals surface area contributed by atoms with Gasteiger partial charge in [0, 0.05) is 67.3 Å². The summed E-state index contributed by atoms with van der Waals surface area (Å²) in [4.78, 5) is 32.1. The van der Waals surface area contributed by atoms with Crippen LogP contribution >= 0.6 is 11.6 Å². The van der Waals surface area contributed by atoms with Gasteiger partial charge in [-0.05, 0) is 54.6 Å². The van der Waals surface area contributed by atoms with Gasteiger partial charge in [-0.15, -0.1) is 0 Å². The lowest BCUT2D eigenvalue weighted by atomic mass is 9.94. The Balaban J connectivity index is 1.09. The average molecular weight is 522 g/mol. The van der Waals surface area contributed by atoms with Gasteiger partial charge in [0.2, 0.25) is 0 Å². The molecule has 0 bridgehead atoms. The second-order valence-electron chi connectivity index (χ2n) is 9.95. The smallest absolute Gasteiger partial charge is 0.261 e. The van der Waals surface area contributed by atoms with E-state index in [1.165, 1.54) is 4.90 Å². The Bertz CT molecular complexity index is 1260. The summed E-state index contributed by atoms with van der Waals surface area (Å²) in [7, 11) is 0. The van der Waals surface area contributed by atoms with E-state index in [-0.39, 0.29) is 18.4 Å². The number of ether oxygens (including phenoxy) is 1. The number of benzene rings is 3. The van der Waals surface area contributed by atoms with Gasteiger partial charge in [0.15, 0.2) is 0 Å². The molecule has 3 aromatic carbocycles. The third-order valence-corrected chi connectivity index (χ3v) is 7.88. The predicted molar refractivity (Wildman–Crippen MR) is 145 cm³/mol. The van der Waals surface area contributed by atoms with Crippen LogP contribution in [0.1, 0.15) is 31.8 Å². The van der Waals surface area contributed by atoms with Gasteiger partial charge >= 0.3 is 0 Å². The largest absolute Gasteiger partial charge is 0.491 e. The van der Waals surface area contributed by atoms with Gasteiger partial charge in [-0.3, -0.25) is 24.3 Å². The molecule has 0 spiro atoms. The van der Waals surface area contributed by atoms with Crippen molar-refractivity contribution in [1.82, 2.24) is 14.7 Å². The number of aliphatic hydroxyl groups is 1. The molecule has 1 N–H and O–H groups in total. The Morgan fingerprint density at radius 2 is 1.46 bits per heavy atom. The molecule has 2 aliphatic heterocycles. The highest BCUT2D eigenvalue weighted by Crippen LogP contribution is 2.30. The first-order chi connectivity index (χ1) is 17.8. The normalized spacial score (nSPS) is 17.5. The summed E-state index contributed by atoms with van der Waals surface area (Å²) < 4.78 is 5.80. The van der Waals surface area contributed by atoms with Crippen LogP contribution in [-0.4, -0.2) is 90.1 Å². The van der Waals surface area contributed by atoms with Crippen molar-refractivity contribution in [3.05, 3.63) is 75.8 Å². The number of carbonyl (C=O) groups is 2. The molecule has 1 fully saturated rings. The van der Waals surface area contributed by atoms with Crippen LogP contribution in [-0.2, 0) is 0 Å². The molecule has 2 heterocycles. The second kappa shape index (κ2) is 10.8. The quantitative estimate of drug-likeness (QED) is 0.455. The predicted octanol–water partition coefficient (Wildman–Crippen LogP) is 3.76. The summed E-state index contributed by atoms with van der Waals surface area (Å²) in [5.74, 6) is 0.271. The number of piperazine rings is 1. The van der Waals surface area contributed by atoms with E-state index in [4.69, 9.17) is 16.3 Å². The molecule has 0 saturated carbocycles. The zero-order valence-electron chi connectivity index (χ0n) is 21.2. The van der Waals surface area contributed by atoms with Crippen molar-refractivity contribution < 1.29 is 19.4 Å². The Labute approximate surface area is 222 Å². The van der Waals surface area contributed by atoms with Crippen LogP contribution in [0, 0.1) is 13.8 Å². The first-order valence-corrected chi connectivity index (χ1v) is 13.1. The number of carbonyl (C=O) groups excluding carboxylic acids is 2. The molecule has 0 aliphatic carbocycles. The fourth-order valence-electron chi connectivity index (χ4n) is 5.25. The number of aryl methyl sites for hydroxylation is 2. The van der Waals surface area contributed by atoms with Crippen LogP contribution in [0.4, 0.5) is 0 Å². The van der Waals surface area contributed by atoms with Crippen molar-refractivity contribution in [2.45, 2.75) is 20.0 Å². The van der Waals surface area contributed by atoms with E-state index in [0.717, 1.165) is 53.1 Å². The Kier molecular flexibility index (Phi) is 7.49. The average Bonchev–Trinajstić information content (AvgIpc) is 2.90. The monoisotopic (exact) mass is 521 g/mol. The molecule has 5 rings (SSSR count). The lowest BCUT2D eigenvalue weighted by Crippen LogP contribution is -2.51. The number of imide groups is 1. The molecule has 37 heavy (non-hydrogen) atoms. The highest BCUT2D eigenvalue weighted by Gasteiger charge is 2.33. The minimum atomic E-state index is -0.603. The summed E-state index contributed by atoms with van der Waals surface area (Å²) in [6, 6.07) is 15.0. The Morgan fingerprint density at radius 1 is 0.892 bits per heavy atom. The summed E-state index contributed by atoms with van der Waals surface area (Å²) in [6.45, 7) is 8.85. The van der Waals surface area contributed by atoms with Gasteiger partial charge in [-0.2, -0.15) is 0 Å². The SMILES string of the molecule is Cc1cc(OCC(O)CN2CCN(CCN3C(=O)c4cccc5cccc(c45)C3=O)CC2)cc(C)c1Cl. The summed E-state index contributed by atoms with van der Waals surface area (Å²) in [6.07, 6.45) is -0.603. The van der Waals surface area contributed by atoms with Crippen molar-refractivity contribution >= 4 is 34.2 Å². The highest BCUT2D eigenvalue weighted by atomic mass is 35.5. The first-order valence-electron chi connectivity index (χ1n) is 12.7. The third-order valence-electron chi connectivity index (χ3n) is 7.28. The van der Waals surface area contributed by atoms with Crippen LogP contribution < -0.4 is 4.74 Å². The van der Waals surface area contributed by atoms with Crippen LogP contribution in [0.25, 0.3) is 10.8 Å². The summed E-state index contributed by atoms with van der Waals surface area (Å²) in [5, 5.41) is 12.9. The van der Waals surface area contributed by atoms with Crippen LogP contribution in [0.2, 0.25) is 5.02 Å². The molecule has 0 aromatic heterocycles. The van der Waals surface area contributed by atoms with E-state index in [1.54, 1.807) is 12.1 Å². The maximum Gasteiger partial charge on any atom is 0.261 e. The fraction of sp³-hybridized carbons (Fsp3) is 0.379. The Morgan fingerprint density at radius 3 is 2.05 bits per heavy atom. The molecule has 194 valence electrons. The maximum atomic E-state index is 13.1. The van der Waals surface area contributed by atoms with Crippen LogP contribution in [0.3, 0.4) is 0 Å². The fourth-order valence-corrected chi connectivity index (χ4v) is 5.36. The standard InChI is InChI=1S/C29H32ClN3O4/c1-19-15-23(16-20(2)27(19)30)37-18-22(34)17-32-11-9-31(10-12-32)13-14-33-28(35)24-7-3-5-21-6-4-8-25(26(21)24)29(33)36/h3-8,15-16,22,34H,9-14,17-18H2,1-2H3. The van der Waals surface area contributed by atoms with Gasteiger partial charge in [0.1, 0.15) is 18.5 Å². The molecular formula is C29H32ClN3O4. The van der Waals surface area contributed by atoms with Gasteiger partial charge < -0.3 is 9.84 Å². The van der Waals surface area contributed by atoms with E-state index in [1.807, 2.05) is 50.2 Å². The minimum Gasteiger partial charge on any atom is -0.491 e. The maximum absolute atomic E-state index is 13.1. The summed E-state index contributed by atoms with van der Waals surface area (Å²) >= 11 is 6.22. The van der Waals surface area contributed by atoms with Crippen molar-refractivity contribution in [1.29, 1.82) is 0 Å². The second-order valence-corrected chi connectivity index (χ2v) is 10.3. The lowest BCUT2D eigenvalue weighted by Gasteiger charge is -2.36. The number of hydrogen-bond donors (Lipinski definition) is 1. The third kappa shape index (κ3) is 5.36. The van der Waals surface area contributed by atoms with Crippen molar-refractivity contribution in [2.24, 2.45) is 0 Å². The first kappa shape index (κ1) is 25.7. The van der Waals surface area contributed by atoms with E-state index in [9.17, 15) is 14.7 Å². The van der Waals surface area contributed by atoms with Crippen molar-refractivity contribution in [3.63, 3.8) is 0 Å². The zero-order valence-corrected chi connectivity index (χ0v) is 22.0. The van der Waals surface area contributed by atoms with Crippen molar-refractivity contribution in [3.8, 4) is 5.75 Å². The number of rotatable bonds is 8. The molecule has 2 amide bonds. The van der Waals surface area contributed by atoms with E-state index in [2.05, 4.69) is 9.80 Å². The topological polar surface area (TPSA) is 73.3 Å². The van der Waals surface area contributed by atoms with Crippen molar-refractivity contribution in [2.75, 3.05) is 52.4 Å². The lowest BCUT2D eigenvalue weighted by molar-refractivity contribution is 0.0416. The van der Waals surface area contributed by atoms with Crippen LogP contribution in [0.15, 0.2) is 48.5 Å². The van der Waals surface area contributed by atoms with Gasteiger partial charge in [0.05, 0.1) is 0 Å². The molecule has 1 unspecified atom stereocenters. The molecule has 2 aliphatic rings. The molecule has 1 saturated heterocycles. The van der Waals surface area contributed by atoms with Gasteiger partial charge in [0.25, 0.3) is 11.8 Å². The Hall–Kier alpha value is -2.97. The van der Waals surface area contributed by atoms with Gasteiger partial charge in [-0.25, -0.2) is 0 Å². The number of amides is 2. The van der Waals surface area contributed by atoms with Gasteiger partial charge in [-0.1, -0.05) is 35.9 Å². The van der Waals surface area contributed by atoms with E-state index in [0.29, 0.717) is 36.5 Å². The minimum absolute atomic E-state index is 0.216.